The Morgan fingerprint density at radius 1 is 0.812 bits per heavy atom. The van der Waals surface area contributed by atoms with Gasteiger partial charge in [-0.1, -0.05) is 58.3 Å². The average Bonchev–Trinajstić information content (AvgIpc) is 2.27. The zero-order valence-corrected chi connectivity index (χ0v) is 11.2. The third kappa shape index (κ3) is 11.2. The molecule has 90 valence electrons. The molecule has 0 saturated heterocycles. The first-order chi connectivity index (χ1) is 7.81. The molecular formula is C16H26. The predicted octanol–water partition coefficient (Wildman–Crippen LogP) is 4.79. The molecule has 0 spiro atoms. The highest BCUT2D eigenvalue weighted by Gasteiger charge is 1.98. The van der Waals surface area contributed by atoms with E-state index in [9.17, 15) is 0 Å². The van der Waals surface area contributed by atoms with Gasteiger partial charge in [-0.05, 0) is 30.6 Å². The molecule has 0 nitrogen and oxygen atoms in total. The molecule has 16 heavy (non-hydrogen) atoms. The van der Waals surface area contributed by atoms with Crippen molar-refractivity contribution >= 4 is 0 Å². The van der Waals surface area contributed by atoms with Crippen LogP contribution in [0.15, 0.2) is 0 Å². The lowest BCUT2D eigenvalue weighted by molar-refractivity contribution is 0.463. The number of hydrogen-bond acceptors (Lipinski definition) is 0. The van der Waals surface area contributed by atoms with Crippen LogP contribution in [0.3, 0.4) is 0 Å². The van der Waals surface area contributed by atoms with Gasteiger partial charge in [0.2, 0.25) is 0 Å². The summed E-state index contributed by atoms with van der Waals surface area (Å²) in [4.78, 5) is 0. The summed E-state index contributed by atoms with van der Waals surface area (Å²) in [6.07, 6.45) is 9.71. The zero-order valence-electron chi connectivity index (χ0n) is 11.2. The molecule has 0 fully saturated rings. The van der Waals surface area contributed by atoms with Gasteiger partial charge in [0.05, 0.1) is 0 Å². The topological polar surface area (TPSA) is 0 Å². The SMILES string of the molecule is CCCC#CC#CCCCCC(C)CCC. The lowest BCUT2D eigenvalue weighted by atomic mass is 9.99. The molecular weight excluding hydrogens is 192 g/mol. The van der Waals surface area contributed by atoms with Crippen LogP contribution in [0.4, 0.5) is 0 Å². The molecule has 0 bridgehead atoms. The Bertz CT molecular complexity index is 253. The van der Waals surface area contributed by atoms with Crippen molar-refractivity contribution in [2.24, 2.45) is 5.92 Å². The molecule has 0 saturated carbocycles. The minimum atomic E-state index is 0.891. The van der Waals surface area contributed by atoms with Crippen LogP contribution in [0.25, 0.3) is 0 Å². The van der Waals surface area contributed by atoms with E-state index in [2.05, 4.69) is 44.5 Å². The summed E-state index contributed by atoms with van der Waals surface area (Å²) in [6.45, 7) is 6.75. The van der Waals surface area contributed by atoms with Crippen LogP contribution in [0.1, 0.15) is 72.1 Å². The molecule has 0 radical (unpaired) electrons. The third-order valence-electron chi connectivity index (χ3n) is 2.64. The minimum absolute atomic E-state index is 0.891. The first kappa shape index (κ1) is 15.1. The van der Waals surface area contributed by atoms with E-state index in [0.717, 1.165) is 25.2 Å². The van der Waals surface area contributed by atoms with Crippen LogP contribution >= 0.6 is 0 Å². The van der Waals surface area contributed by atoms with E-state index >= 15 is 0 Å². The van der Waals surface area contributed by atoms with Crippen molar-refractivity contribution in [3.8, 4) is 23.7 Å². The van der Waals surface area contributed by atoms with Crippen molar-refractivity contribution in [1.29, 1.82) is 0 Å². The molecule has 0 aromatic rings. The number of rotatable bonds is 7. The van der Waals surface area contributed by atoms with E-state index in [0.29, 0.717) is 0 Å². The largest absolute Gasteiger partial charge is 0.0891 e. The second-order valence-corrected chi connectivity index (χ2v) is 4.49. The Morgan fingerprint density at radius 2 is 1.50 bits per heavy atom. The van der Waals surface area contributed by atoms with Gasteiger partial charge in [-0.25, -0.2) is 0 Å². The molecule has 0 aliphatic carbocycles. The Balaban J connectivity index is 3.36. The smallest absolute Gasteiger partial charge is 0.00989 e. The van der Waals surface area contributed by atoms with Crippen molar-refractivity contribution in [2.45, 2.75) is 72.1 Å². The molecule has 0 N–H and O–H groups in total. The fraction of sp³-hybridized carbons (Fsp3) is 0.750. The summed E-state index contributed by atoms with van der Waals surface area (Å²) < 4.78 is 0. The van der Waals surface area contributed by atoms with E-state index in [1.807, 2.05) is 0 Å². The maximum Gasteiger partial charge on any atom is 0.00989 e. The first-order valence-corrected chi connectivity index (χ1v) is 6.77. The molecule has 1 atom stereocenters. The van der Waals surface area contributed by atoms with Crippen molar-refractivity contribution in [3.05, 3.63) is 0 Å². The number of hydrogen-bond donors (Lipinski definition) is 0. The van der Waals surface area contributed by atoms with Crippen LogP contribution in [0, 0.1) is 29.6 Å². The summed E-state index contributed by atoms with van der Waals surface area (Å²) in [6, 6.07) is 0. The lowest BCUT2D eigenvalue weighted by Gasteiger charge is -2.07. The van der Waals surface area contributed by atoms with Crippen LogP contribution in [-0.2, 0) is 0 Å². The van der Waals surface area contributed by atoms with Gasteiger partial charge in [-0.2, -0.15) is 0 Å². The van der Waals surface area contributed by atoms with Crippen LogP contribution < -0.4 is 0 Å². The van der Waals surface area contributed by atoms with E-state index < -0.39 is 0 Å². The average molecular weight is 218 g/mol. The quantitative estimate of drug-likeness (QED) is 0.426. The van der Waals surface area contributed by atoms with E-state index in [1.165, 1.54) is 32.1 Å². The van der Waals surface area contributed by atoms with Crippen molar-refractivity contribution < 1.29 is 0 Å². The molecule has 0 rings (SSSR count). The lowest BCUT2D eigenvalue weighted by Crippen LogP contribution is -1.93. The molecule has 0 aliphatic rings. The Morgan fingerprint density at radius 3 is 2.12 bits per heavy atom. The molecule has 0 heterocycles. The fourth-order valence-corrected chi connectivity index (χ4v) is 1.68. The summed E-state index contributed by atoms with van der Waals surface area (Å²) in [5.41, 5.74) is 0. The Hall–Kier alpha value is -0.880. The fourth-order valence-electron chi connectivity index (χ4n) is 1.68. The predicted molar refractivity (Wildman–Crippen MR) is 73.0 cm³/mol. The van der Waals surface area contributed by atoms with Gasteiger partial charge in [0.15, 0.2) is 0 Å². The van der Waals surface area contributed by atoms with Gasteiger partial charge < -0.3 is 0 Å². The molecule has 0 amide bonds. The molecule has 1 unspecified atom stereocenters. The van der Waals surface area contributed by atoms with E-state index in [1.54, 1.807) is 0 Å². The van der Waals surface area contributed by atoms with Crippen LogP contribution in [-0.4, -0.2) is 0 Å². The molecule has 0 aromatic heterocycles. The Kier molecular flexibility index (Phi) is 11.5. The minimum Gasteiger partial charge on any atom is -0.0891 e. The highest BCUT2D eigenvalue weighted by molar-refractivity contribution is 5.25. The summed E-state index contributed by atoms with van der Waals surface area (Å²) >= 11 is 0. The molecule has 0 aliphatic heterocycles. The Labute approximate surface area is 102 Å². The summed E-state index contributed by atoms with van der Waals surface area (Å²) in [5.74, 6) is 12.9. The normalized spacial score (nSPS) is 10.9. The van der Waals surface area contributed by atoms with Gasteiger partial charge in [0, 0.05) is 12.8 Å². The molecule has 0 aromatic carbocycles. The van der Waals surface area contributed by atoms with Gasteiger partial charge in [-0.3, -0.25) is 0 Å². The second-order valence-electron chi connectivity index (χ2n) is 4.49. The zero-order chi connectivity index (χ0) is 12.1. The van der Waals surface area contributed by atoms with Crippen LogP contribution in [0.2, 0.25) is 0 Å². The van der Waals surface area contributed by atoms with Crippen molar-refractivity contribution in [3.63, 3.8) is 0 Å². The van der Waals surface area contributed by atoms with Gasteiger partial charge in [0.25, 0.3) is 0 Å². The molecule has 0 heteroatoms. The number of unbranched alkanes of at least 4 members (excludes halogenated alkanes) is 3. The third-order valence-corrected chi connectivity index (χ3v) is 2.64. The standard InChI is InChI=1S/C16H26/c1-4-6-7-8-9-10-11-12-13-15-16(3)14-5-2/h16H,4-6,11-15H2,1-3H3. The summed E-state index contributed by atoms with van der Waals surface area (Å²) in [5, 5.41) is 0. The van der Waals surface area contributed by atoms with Gasteiger partial charge in [-0.15, -0.1) is 0 Å². The maximum absolute atomic E-state index is 3.13. The highest BCUT2D eigenvalue weighted by atomic mass is 14.0. The second kappa shape index (κ2) is 12.2. The van der Waals surface area contributed by atoms with Gasteiger partial charge >= 0.3 is 0 Å². The van der Waals surface area contributed by atoms with E-state index in [-0.39, 0.29) is 0 Å². The highest BCUT2D eigenvalue weighted by Crippen LogP contribution is 2.13. The van der Waals surface area contributed by atoms with Crippen molar-refractivity contribution in [2.75, 3.05) is 0 Å². The van der Waals surface area contributed by atoms with E-state index in [4.69, 9.17) is 0 Å². The maximum atomic E-state index is 3.13. The van der Waals surface area contributed by atoms with Crippen LogP contribution in [0.5, 0.6) is 0 Å². The van der Waals surface area contributed by atoms with Crippen molar-refractivity contribution in [1.82, 2.24) is 0 Å². The van der Waals surface area contributed by atoms with Gasteiger partial charge in [0.1, 0.15) is 0 Å². The first-order valence-electron chi connectivity index (χ1n) is 6.77. The monoisotopic (exact) mass is 218 g/mol. The summed E-state index contributed by atoms with van der Waals surface area (Å²) in [7, 11) is 0.